The van der Waals surface area contributed by atoms with E-state index in [1.807, 2.05) is 0 Å². The summed E-state index contributed by atoms with van der Waals surface area (Å²) in [5.74, 6) is -6.00. The van der Waals surface area contributed by atoms with Gasteiger partial charge >= 0.3 is 8.25 Å². The predicted molar refractivity (Wildman–Crippen MR) is 115 cm³/mol. The molecule has 33 heavy (non-hydrogen) atoms. The lowest BCUT2D eigenvalue weighted by atomic mass is 10.0. The monoisotopic (exact) mass is 487 g/mol. The number of fused-ring (bicyclic) bond motifs is 1. The van der Waals surface area contributed by atoms with E-state index in [-0.39, 0.29) is 35.3 Å². The van der Waals surface area contributed by atoms with Crippen molar-refractivity contribution < 1.29 is 37.0 Å². The predicted octanol–water partition coefficient (Wildman–Crippen LogP) is 2.61. The first-order chi connectivity index (χ1) is 15.6. The summed E-state index contributed by atoms with van der Waals surface area (Å²) < 4.78 is 64.1. The molecule has 0 aliphatic rings. The molecular weight excluding hydrogens is 463 g/mol. The number of benzene rings is 1. The SMILES string of the molecule is CCOc1nc(N)nc2c1ncn2[C@](C)(F)[C@H](O)[C@@](F)(CO[PH](=O)Oc1ccccc1)OC. The highest BCUT2D eigenvalue weighted by molar-refractivity contribution is 7.33. The minimum absolute atomic E-state index is 0.00211. The van der Waals surface area contributed by atoms with Crippen LogP contribution in [0.15, 0.2) is 36.7 Å². The highest BCUT2D eigenvalue weighted by Crippen LogP contribution is 2.38. The van der Waals surface area contributed by atoms with E-state index < -0.39 is 32.6 Å². The van der Waals surface area contributed by atoms with Gasteiger partial charge in [-0.2, -0.15) is 9.97 Å². The number of aliphatic hydroxyl groups excluding tert-OH is 1. The van der Waals surface area contributed by atoms with Gasteiger partial charge in [-0.3, -0.25) is 9.09 Å². The summed E-state index contributed by atoms with van der Waals surface area (Å²) in [5.41, 5.74) is 5.58. The molecule has 2 aromatic heterocycles. The molecule has 3 N–H and O–H groups in total. The van der Waals surface area contributed by atoms with Gasteiger partial charge in [0.2, 0.25) is 17.6 Å². The van der Waals surface area contributed by atoms with Crippen LogP contribution in [-0.2, 0) is 19.6 Å². The van der Waals surface area contributed by atoms with Crippen molar-refractivity contribution in [1.29, 1.82) is 0 Å². The number of methoxy groups -OCH3 is 1. The third-order valence-corrected chi connectivity index (χ3v) is 5.49. The number of para-hydroxylation sites is 1. The van der Waals surface area contributed by atoms with Crippen LogP contribution in [0.4, 0.5) is 14.7 Å². The Kier molecular flexibility index (Phi) is 7.48. The number of halogens is 2. The maximum Gasteiger partial charge on any atom is 0.368 e. The smallest absolute Gasteiger partial charge is 0.368 e. The molecule has 0 radical (unpaired) electrons. The van der Waals surface area contributed by atoms with Crippen LogP contribution in [0.1, 0.15) is 13.8 Å². The average molecular weight is 487 g/mol. The van der Waals surface area contributed by atoms with Crippen LogP contribution in [0.25, 0.3) is 11.2 Å². The van der Waals surface area contributed by atoms with E-state index in [9.17, 15) is 9.67 Å². The van der Waals surface area contributed by atoms with Crippen molar-refractivity contribution in [1.82, 2.24) is 19.5 Å². The molecule has 3 rings (SSSR count). The summed E-state index contributed by atoms with van der Waals surface area (Å²) in [6.45, 7) is 1.72. The number of aliphatic hydroxyl groups is 1. The first-order valence-electron chi connectivity index (χ1n) is 9.77. The molecule has 0 spiro atoms. The lowest BCUT2D eigenvalue weighted by Crippen LogP contribution is -2.54. The number of rotatable bonds is 11. The molecule has 0 bridgehead atoms. The number of ether oxygens (including phenoxy) is 2. The molecule has 0 saturated heterocycles. The Morgan fingerprint density at radius 3 is 2.61 bits per heavy atom. The van der Waals surface area contributed by atoms with Crippen LogP contribution in [0.5, 0.6) is 11.6 Å². The maximum atomic E-state index is 15.8. The number of hydrogen-bond acceptors (Lipinski definition) is 10. The minimum Gasteiger partial charge on any atom is -0.476 e. The number of imidazole rings is 1. The van der Waals surface area contributed by atoms with Gasteiger partial charge in [0, 0.05) is 7.11 Å². The van der Waals surface area contributed by atoms with E-state index in [0.29, 0.717) is 0 Å². The molecule has 3 aromatic rings. The molecule has 0 aliphatic carbocycles. The number of hydrogen-bond donors (Lipinski definition) is 2. The van der Waals surface area contributed by atoms with Gasteiger partial charge in [0.15, 0.2) is 17.3 Å². The van der Waals surface area contributed by atoms with E-state index in [2.05, 4.69) is 15.0 Å². The fourth-order valence-corrected chi connectivity index (χ4v) is 3.70. The van der Waals surface area contributed by atoms with Crippen LogP contribution < -0.4 is 15.0 Å². The Balaban J connectivity index is 1.83. The molecule has 180 valence electrons. The summed E-state index contributed by atoms with van der Waals surface area (Å²) in [6.07, 6.45) is -1.49. The van der Waals surface area contributed by atoms with E-state index in [4.69, 9.17) is 24.3 Å². The van der Waals surface area contributed by atoms with Gasteiger partial charge in [0.1, 0.15) is 12.4 Å². The molecular formula is C19H24F2N5O6P. The molecule has 0 amide bonds. The van der Waals surface area contributed by atoms with Gasteiger partial charge in [-0.15, -0.1) is 0 Å². The number of nitrogen functional groups attached to an aromatic ring is 1. The molecule has 1 aromatic carbocycles. The van der Waals surface area contributed by atoms with Crippen molar-refractivity contribution in [2.24, 2.45) is 0 Å². The van der Waals surface area contributed by atoms with Gasteiger partial charge in [0.25, 0.3) is 5.85 Å². The molecule has 4 atom stereocenters. The van der Waals surface area contributed by atoms with Crippen LogP contribution in [0.3, 0.4) is 0 Å². The van der Waals surface area contributed by atoms with E-state index >= 15 is 8.78 Å². The molecule has 14 heteroatoms. The van der Waals surface area contributed by atoms with E-state index in [1.54, 1.807) is 25.1 Å². The zero-order valence-electron chi connectivity index (χ0n) is 18.1. The Labute approximate surface area is 188 Å². The quantitative estimate of drug-likeness (QED) is 0.387. The Bertz CT molecular complexity index is 1120. The lowest BCUT2D eigenvalue weighted by molar-refractivity contribution is -0.253. The summed E-state index contributed by atoms with van der Waals surface area (Å²) >= 11 is 0. The van der Waals surface area contributed by atoms with Crippen molar-refractivity contribution in [2.75, 3.05) is 26.1 Å². The van der Waals surface area contributed by atoms with Gasteiger partial charge in [-0.1, -0.05) is 18.2 Å². The summed E-state index contributed by atoms with van der Waals surface area (Å²) in [6, 6.07) is 8.04. The maximum absolute atomic E-state index is 15.8. The van der Waals surface area contributed by atoms with Crippen LogP contribution >= 0.6 is 8.25 Å². The fourth-order valence-electron chi connectivity index (χ4n) is 2.99. The van der Waals surface area contributed by atoms with Gasteiger partial charge in [-0.05, 0) is 26.0 Å². The second kappa shape index (κ2) is 9.96. The molecule has 0 saturated carbocycles. The van der Waals surface area contributed by atoms with Crippen LogP contribution in [-0.4, -0.2) is 56.9 Å². The van der Waals surface area contributed by atoms with E-state index in [0.717, 1.165) is 24.9 Å². The van der Waals surface area contributed by atoms with Crippen molar-refractivity contribution in [3.8, 4) is 11.6 Å². The number of nitrogens with zero attached hydrogens (tertiary/aromatic N) is 4. The van der Waals surface area contributed by atoms with Crippen LogP contribution in [0.2, 0.25) is 0 Å². The molecule has 0 aliphatic heterocycles. The topological polar surface area (TPSA) is 144 Å². The molecule has 2 heterocycles. The second-order valence-electron chi connectivity index (χ2n) is 6.98. The van der Waals surface area contributed by atoms with Crippen molar-refractivity contribution in [3.05, 3.63) is 36.7 Å². The largest absolute Gasteiger partial charge is 0.476 e. The zero-order chi connectivity index (χ0) is 24.2. The van der Waals surface area contributed by atoms with Crippen molar-refractivity contribution >= 4 is 25.4 Å². The lowest BCUT2D eigenvalue weighted by Gasteiger charge is -2.36. The van der Waals surface area contributed by atoms with Gasteiger partial charge in [-0.25, -0.2) is 18.3 Å². The number of alkyl halides is 2. The Hall–Kier alpha value is -2.86. The molecule has 1 unspecified atom stereocenters. The number of anilines is 1. The molecule has 0 fully saturated rings. The second-order valence-corrected chi connectivity index (χ2v) is 7.97. The molecule has 11 nitrogen and oxygen atoms in total. The normalized spacial score (nSPS) is 17.2. The van der Waals surface area contributed by atoms with Gasteiger partial charge in [0.05, 0.1) is 12.9 Å². The summed E-state index contributed by atoms with van der Waals surface area (Å²) in [4.78, 5) is 11.8. The first-order valence-corrected chi connectivity index (χ1v) is 11.0. The first kappa shape index (κ1) is 24.8. The number of nitrogens with two attached hydrogens (primary N) is 1. The summed E-state index contributed by atoms with van der Waals surface area (Å²) in [7, 11) is -2.34. The zero-order valence-corrected chi connectivity index (χ0v) is 19.1. The summed E-state index contributed by atoms with van der Waals surface area (Å²) in [5, 5.41) is 10.6. The Morgan fingerprint density at radius 1 is 1.27 bits per heavy atom. The Morgan fingerprint density at radius 2 is 1.97 bits per heavy atom. The van der Waals surface area contributed by atoms with E-state index in [1.165, 1.54) is 12.1 Å². The van der Waals surface area contributed by atoms with Crippen molar-refractivity contribution in [3.63, 3.8) is 0 Å². The van der Waals surface area contributed by atoms with Crippen molar-refractivity contribution in [2.45, 2.75) is 31.6 Å². The number of aromatic nitrogens is 4. The third kappa shape index (κ3) is 5.22. The average Bonchev–Trinajstić information content (AvgIpc) is 3.22. The highest BCUT2D eigenvalue weighted by Gasteiger charge is 2.53. The standard InChI is InChI=1S/C19H24F2N5O6P/c1-4-30-15-13-14(24-17(22)25-15)26(11-23-13)18(2,20)16(27)19(21,29-3)10-31-33(28)32-12-8-6-5-7-9-12/h5-9,11,16,27,33H,4,10H2,1-3H3,(H2,22,24,25)/t16-,18-,19+/m0/s1. The highest BCUT2D eigenvalue weighted by atomic mass is 31.1. The minimum atomic E-state index is -3.24. The third-order valence-electron chi connectivity index (χ3n) is 4.71. The van der Waals surface area contributed by atoms with Gasteiger partial charge < -0.3 is 24.8 Å². The fraction of sp³-hybridized carbons (Fsp3) is 0.421. The van der Waals surface area contributed by atoms with Crippen LogP contribution in [0, 0.1) is 0 Å².